The third-order valence-corrected chi connectivity index (χ3v) is 6.87. The van der Waals surface area contributed by atoms with E-state index in [2.05, 4.69) is 24.0 Å². The van der Waals surface area contributed by atoms with Gasteiger partial charge in [0.2, 0.25) is 0 Å². The van der Waals surface area contributed by atoms with Crippen LogP contribution in [0.2, 0.25) is 5.02 Å². The summed E-state index contributed by atoms with van der Waals surface area (Å²) in [4.78, 5) is 2.85. The van der Waals surface area contributed by atoms with Crippen molar-refractivity contribution in [3.8, 4) is 0 Å². The fourth-order valence-corrected chi connectivity index (χ4v) is 4.66. The number of halogens is 1. The summed E-state index contributed by atoms with van der Waals surface area (Å²) in [6, 6.07) is 17.5. The van der Waals surface area contributed by atoms with Gasteiger partial charge in [-0.15, -0.1) is 0 Å². The topological polar surface area (TPSA) is 37.4 Å². The van der Waals surface area contributed by atoms with Gasteiger partial charge in [0.05, 0.1) is 10.6 Å². The Labute approximate surface area is 155 Å². The van der Waals surface area contributed by atoms with Crippen molar-refractivity contribution in [2.75, 3.05) is 12.3 Å². The lowest BCUT2D eigenvalue weighted by atomic mass is 10.1. The zero-order valence-corrected chi connectivity index (χ0v) is 16.0. The minimum absolute atomic E-state index is 0.188. The van der Waals surface area contributed by atoms with E-state index < -0.39 is 9.84 Å². The van der Waals surface area contributed by atoms with Crippen LogP contribution in [0.4, 0.5) is 0 Å². The predicted molar refractivity (Wildman–Crippen MR) is 103 cm³/mol. The van der Waals surface area contributed by atoms with Crippen LogP contribution in [0.1, 0.15) is 37.8 Å². The van der Waals surface area contributed by atoms with E-state index in [0.29, 0.717) is 17.4 Å². The summed E-state index contributed by atoms with van der Waals surface area (Å²) < 4.78 is 24.9. The Morgan fingerprint density at radius 1 is 1.08 bits per heavy atom. The van der Waals surface area contributed by atoms with Gasteiger partial charge in [0.1, 0.15) is 0 Å². The van der Waals surface area contributed by atoms with Gasteiger partial charge in [-0.2, -0.15) is 0 Å². The molecular weight excluding hydrogens is 354 g/mol. The third-order valence-electron chi connectivity index (χ3n) is 4.80. The second kappa shape index (κ2) is 7.90. The molecule has 0 aromatic heterocycles. The molecule has 0 spiro atoms. The van der Waals surface area contributed by atoms with Gasteiger partial charge in [0, 0.05) is 23.7 Å². The van der Waals surface area contributed by atoms with Gasteiger partial charge in [0.15, 0.2) is 9.84 Å². The van der Waals surface area contributed by atoms with Gasteiger partial charge < -0.3 is 0 Å². The SMILES string of the molecule is CC(c1ccc(Cl)cc1)N(CCCS(=O)(=O)c1ccccc1)C1CC1. The maximum absolute atomic E-state index is 12.4. The van der Waals surface area contributed by atoms with Crippen molar-refractivity contribution in [2.45, 2.75) is 43.2 Å². The molecule has 3 nitrogen and oxygen atoms in total. The number of benzene rings is 2. The lowest BCUT2D eigenvalue weighted by molar-refractivity contribution is 0.200. The maximum Gasteiger partial charge on any atom is 0.178 e. The highest BCUT2D eigenvalue weighted by atomic mass is 35.5. The van der Waals surface area contributed by atoms with Crippen LogP contribution < -0.4 is 0 Å². The molecule has 25 heavy (non-hydrogen) atoms. The molecule has 1 aliphatic rings. The van der Waals surface area contributed by atoms with Crippen LogP contribution in [-0.4, -0.2) is 31.7 Å². The fraction of sp³-hybridized carbons (Fsp3) is 0.400. The Bertz CT molecular complexity index is 786. The van der Waals surface area contributed by atoms with E-state index in [-0.39, 0.29) is 11.8 Å². The van der Waals surface area contributed by atoms with Crippen molar-refractivity contribution in [2.24, 2.45) is 0 Å². The molecule has 0 heterocycles. The molecule has 5 heteroatoms. The molecule has 0 saturated heterocycles. The van der Waals surface area contributed by atoms with Gasteiger partial charge in [-0.25, -0.2) is 8.42 Å². The molecule has 0 aliphatic heterocycles. The van der Waals surface area contributed by atoms with Crippen LogP contribution >= 0.6 is 11.6 Å². The normalized spacial score (nSPS) is 16.1. The smallest absolute Gasteiger partial charge is 0.178 e. The highest BCUT2D eigenvalue weighted by molar-refractivity contribution is 7.91. The molecular formula is C20H24ClNO2S. The minimum atomic E-state index is -3.20. The average molecular weight is 378 g/mol. The highest BCUT2D eigenvalue weighted by Gasteiger charge is 2.32. The van der Waals surface area contributed by atoms with Crippen molar-refractivity contribution in [1.82, 2.24) is 4.90 Å². The Kier molecular flexibility index (Phi) is 5.82. The first-order valence-corrected chi connectivity index (χ1v) is 10.8. The van der Waals surface area contributed by atoms with Crippen LogP contribution in [0.3, 0.4) is 0 Å². The predicted octanol–water partition coefficient (Wildman–Crippen LogP) is 4.73. The van der Waals surface area contributed by atoms with E-state index in [0.717, 1.165) is 11.6 Å². The van der Waals surface area contributed by atoms with Crippen LogP contribution in [0.5, 0.6) is 0 Å². The first-order chi connectivity index (χ1) is 12.0. The number of hydrogen-bond acceptors (Lipinski definition) is 3. The van der Waals surface area contributed by atoms with Crippen LogP contribution in [0, 0.1) is 0 Å². The summed E-state index contributed by atoms with van der Waals surface area (Å²) >= 11 is 5.98. The molecule has 1 aliphatic carbocycles. The number of hydrogen-bond donors (Lipinski definition) is 0. The molecule has 0 N–H and O–H groups in total. The van der Waals surface area contributed by atoms with Crippen molar-refractivity contribution >= 4 is 21.4 Å². The van der Waals surface area contributed by atoms with Gasteiger partial charge in [-0.1, -0.05) is 41.9 Å². The second-order valence-electron chi connectivity index (χ2n) is 6.68. The van der Waals surface area contributed by atoms with Gasteiger partial charge in [0.25, 0.3) is 0 Å². The van der Waals surface area contributed by atoms with Gasteiger partial charge in [-0.3, -0.25) is 4.90 Å². The molecule has 1 fully saturated rings. The monoisotopic (exact) mass is 377 g/mol. The molecule has 1 unspecified atom stereocenters. The lowest BCUT2D eigenvalue weighted by Crippen LogP contribution is -2.31. The summed E-state index contributed by atoms with van der Waals surface area (Å²) in [6.07, 6.45) is 3.04. The number of rotatable bonds is 8. The van der Waals surface area contributed by atoms with Crippen LogP contribution in [-0.2, 0) is 9.84 Å². The van der Waals surface area contributed by atoms with Gasteiger partial charge >= 0.3 is 0 Å². The van der Waals surface area contributed by atoms with Gasteiger partial charge in [-0.05, 0) is 56.0 Å². The molecule has 0 bridgehead atoms. The largest absolute Gasteiger partial charge is 0.294 e. The van der Waals surface area contributed by atoms with Crippen molar-refractivity contribution in [1.29, 1.82) is 0 Å². The molecule has 0 amide bonds. The zero-order valence-electron chi connectivity index (χ0n) is 14.4. The van der Waals surface area contributed by atoms with Crippen LogP contribution in [0.15, 0.2) is 59.5 Å². The summed E-state index contributed by atoms with van der Waals surface area (Å²) in [6.45, 7) is 2.98. The Morgan fingerprint density at radius 3 is 2.32 bits per heavy atom. The van der Waals surface area contributed by atoms with Crippen molar-refractivity contribution in [3.05, 3.63) is 65.2 Å². The van der Waals surface area contributed by atoms with Crippen molar-refractivity contribution in [3.63, 3.8) is 0 Å². The van der Waals surface area contributed by atoms with Crippen LogP contribution in [0.25, 0.3) is 0 Å². The third kappa shape index (κ3) is 4.84. The van der Waals surface area contributed by atoms with E-state index in [1.165, 1.54) is 18.4 Å². The molecule has 0 radical (unpaired) electrons. The Balaban J connectivity index is 1.62. The quantitative estimate of drug-likeness (QED) is 0.667. The second-order valence-corrected chi connectivity index (χ2v) is 9.23. The standard InChI is InChI=1S/C20H24ClNO2S/c1-16(17-8-10-18(21)11-9-17)22(19-12-13-19)14-5-15-25(23,24)20-6-3-2-4-7-20/h2-4,6-11,16,19H,5,12-15H2,1H3. The average Bonchev–Trinajstić information content (AvgIpc) is 3.44. The molecule has 2 aromatic carbocycles. The molecule has 2 aromatic rings. The summed E-state index contributed by atoms with van der Waals surface area (Å²) in [5.74, 6) is 0.188. The minimum Gasteiger partial charge on any atom is -0.294 e. The van der Waals surface area contributed by atoms with E-state index in [4.69, 9.17) is 11.6 Å². The highest BCUT2D eigenvalue weighted by Crippen LogP contribution is 2.34. The summed E-state index contributed by atoms with van der Waals surface area (Å²) in [5, 5.41) is 0.739. The first kappa shape index (κ1) is 18.4. The molecule has 3 rings (SSSR count). The zero-order chi connectivity index (χ0) is 17.9. The number of sulfone groups is 1. The molecule has 1 atom stereocenters. The summed E-state index contributed by atoms with van der Waals surface area (Å²) in [5.41, 5.74) is 1.22. The van der Waals surface area contributed by atoms with E-state index in [1.807, 2.05) is 18.2 Å². The Hall–Kier alpha value is -1.36. The number of nitrogens with zero attached hydrogens (tertiary/aromatic N) is 1. The molecule has 134 valence electrons. The Morgan fingerprint density at radius 2 is 1.72 bits per heavy atom. The van der Waals surface area contributed by atoms with E-state index in [9.17, 15) is 8.42 Å². The van der Waals surface area contributed by atoms with E-state index >= 15 is 0 Å². The summed E-state index contributed by atoms with van der Waals surface area (Å²) in [7, 11) is -3.20. The first-order valence-electron chi connectivity index (χ1n) is 8.76. The molecule has 1 saturated carbocycles. The maximum atomic E-state index is 12.4. The fourth-order valence-electron chi connectivity index (χ4n) is 3.21. The lowest BCUT2D eigenvalue weighted by Gasteiger charge is -2.29. The van der Waals surface area contributed by atoms with E-state index in [1.54, 1.807) is 24.3 Å². The van der Waals surface area contributed by atoms with Crippen molar-refractivity contribution < 1.29 is 8.42 Å².